The Hall–Kier alpha value is -2.95. The summed E-state index contributed by atoms with van der Waals surface area (Å²) < 4.78 is 0. The largest absolute Gasteiger partial charge is 0.508 e. The molecule has 1 amide bonds. The average Bonchev–Trinajstić information content (AvgIpc) is 2.57. The zero-order valence-corrected chi connectivity index (χ0v) is 13.9. The molecule has 0 saturated carbocycles. The van der Waals surface area contributed by atoms with Gasteiger partial charge in [0.25, 0.3) is 5.91 Å². The van der Waals surface area contributed by atoms with E-state index in [4.69, 9.17) is 0 Å². The van der Waals surface area contributed by atoms with E-state index in [1.165, 1.54) is 0 Å². The van der Waals surface area contributed by atoms with E-state index in [0.29, 0.717) is 23.2 Å². The fourth-order valence-electron chi connectivity index (χ4n) is 2.56. The molecule has 122 valence electrons. The van der Waals surface area contributed by atoms with Crippen LogP contribution in [0.3, 0.4) is 0 Å². The normalized spacial score (nSPS) is 10.8. The molecule has 0 aliphatic carbocycles. The Balaban J connectivity index is 1.87. The van der Waals surface area contributed by atoms with Gasteiger partial charge in [-0.15, -0.1) is 0 Å². The zero-order valence-electron chi connectivity index (χ0n) is 13.9. The van der Waals surface area contributed by atoms with Crippen molar-refractivity contribution in [2.45, 2.75) is 20.4 Å². The van der Waals surface area contributed by atoms with E-state index in [1.807, 2.05) is 26.0 Å². The number of phenols is 1. The number of aromatic hydroxyl groups is 1. The molecule has 0 unspecified atom stereocenters. The topological polar surface area (TPSA) is 66.3 Å². The number of hydrogen-bond donors (Lipinski definition) is 1. The van der Waals surface area contributed by atoms with Crippen LogP contribution in [0.25, 0.3) is 11.0 Å². The van der Waals surface area contributed by atoms with E-state index in [0.717, 1.165) is 16.9 Å². The minimum absolute atomic E-state index is 0.125. The zero-order chi connectivity index (χ0) is 17.3. The second kappa shape index (κ2) is 6.28. The molecule has 2 aromatic carbocycles. The molecule has 5 heteroatoms. The summed E-state index contributed by atoms with van der Waals surface area (Å²) in [5, 5.41) is 9.85. The number of phenolic OH excluding ortho intramolecular Hbond substituents is 1. The standard InChI is InChI=1S/C19H19N3O2/c1-12-13(2)21-17-10-14(8-9-16(17)20-12)19(24)22(3)11-15-6-4-5-7-18(15)23/h4-10,23H,11H2,1-3H3. The van der Waals surface area contributed by atoms with E-state index >= 15 is 0 Å². The number of rotatable bonds is 3. The summed E-state index contributed by atoms with van der Waals surface area (Å²) in [6.07, 6.45) is 0. The molecule has 0 fully saturated rings. The van der Waals surface area contributed by atoms with Crippen LogP contribution in [0.2, 0.25) is 0 Å². The fraction of sp³-hybridized carbons (Fsp3) is 0.211. The molecule has 5 nitrogen and oxygen atoms in total. The predicted octanol–water partition coefficient (Wildman–Crippen LogP) is 3.22. The van der Waals surface area contributed by atoms with E-state index in [9.17, 15) is 9.90 Å². The summed E-state index contributed by atoms with van der Waals surface area (Å²) in [6, 6.07) is 12.3. The maximum Gasteiger partial charge on any atom is 0.253 e. The van der Waals surface area contributed by atoms with Crippen molar-refractivity contribution < 1.29 is 9.90 Å². The SMILES string of the molecule is Cc1nc2ccc(C(=O)N(C)Cc3ccccc3O)cc2nc1C. The average molecular weight is 321 g/mol. The third-order valence-corrected chi connectivity index (χ3v) is 4.07. The molecular formula is C19H19N3O2. The summed E-state index contributed by atoms with van der Waals surface area (Å²) >= 11 is 0. The fourth-order valence-corrected chi connectivity index (χ4v) is 2.56. The lowest BCUT2D eigenvalue weighted by molar-refractivity contribution is 0.0784. The Morgan fingerprint density at radius 2 is 1.71 bits per heavy atom. The number of benzene rings is 2. The maximum absolute atomic E-state index is 12.7. The lowest BCUT2D eigenvalue weighted by Crippen LogP contribution is -2.26. The van der Waals surface area contributed by atoms with Gasteiger partial charge in [0.1, 0.15) is 5.75 Å². The van der Waals surface area contributed by atoms with Gasteiger partial charge in [0.05, 0.1) is 22.4 Å². The molecule has 0 atom stereocenters. The minimum atomic E-state index is -0.125. The van der Waals surface area contributed by atoms with Crippen LogP contribution in [0.4, 0.5) is 0 Å². The van der Waals surface area contributed by atoms with E-state index < -0.39 is 0 Å². The van der Waals surface area contributed by atoms with Gasteiger partial charge in [-0.3, -0.25) is 4.79 Å². The summed E-state index contributed by atoms with van der Waals surface area (Å²) in [7, 11) is 1.71. The van der Waals surface area contributed by atoms with Crippen LogP contribution in [0.1, 0.15) is 27.3 Å². The highest BCUT2D eigenvalue weighted by Crippen LogP contribution is 2.19. The van der Waals surface area contributed by atoms with Crippen LogP contribution in [-0.2, 0) is 6.54 Å². The summed E-state index contributed by atoms with van der Waals surface area (Å²) in [5.74, 6) is 0.0628. The van der Waals surface area contributed by atoms with Crippen LogP contribution < -0.4 is 0 Å². The van der Waals surface area contributed by atoms with Crippen molar-refractivity contribution >= 4 is 16.9 Å². The lowest BCUT2D eigenvalue weighted by atomic mass is 10.1. The van der Waals surface area contributed by atoms with Crippen molar-refractivity contribution in [3.8, 4) is 5.75 Å². The highest BCUT2D eigenvalue weighted by atomic mass is 16.3. The first-order valence-corrected chi connectivity index (χ1v) is 7.73. The van der Waals surface area contributed by atoms with Crippen molar-refractivity contribution in [3.05, 3.63) is 65.0 Å². The Labute approximate surface area is 140 Å². The van der Waals surface area contributed by atoms with Gasteiger partial charge in [0, 0.05) is 24.7 Å². The highest BCUT2D eigenvalue weighted by molar-refractivity contribution is 5.97. The van der Waals surface area contributed by atoms with Crippen LogP contribution in [0.15, 0.2) is 42.5 Å². The molecule has 0 spiro atoms. The first-order chi connectivity index (χ1) is 11.5. The molecule has 0 aliphatic rings. The number of aromatic nitrogens is 2. The summed E-state index contributed by atoms with van der Waals surface area (Å²) in [6.45, 7) is 4.16. The molecule has 1 aromatic heterocycles. The predicted molar refractivity (Wildman–Crippen MR) is 92.9 cm³/mol. The lowest BCUT2D eigenvalue weighted by Gasteiger charge is -2.18. The van der Waals surface area contributed by atoms with Crippen molar-refractivity contribution in [1.29, 1.82) is 0 Å². The van der Waals surface area contributed by atoms with Gasteiger partial charge in [-0.2, -0.15) is 0 Å². The summed E-state index contributed by atoms with van der Waals surface area (Å²) in [4.78, 5) is 23.2. The minimum Gasteiger partial charge on any atom is -0.508 e. The number of para-hydroxylation sites is 1. The third-order valence-electron chi connectivity index (χ3n) is 4.07. The van der Waals surface area contributed by atoms with Gasteiger partial charge in [0.15, 0.2) is 0 Å². The highest BCUT2D eigenvalue weighted by Gasteiger charge is 2.15. The summed E-state index contributed by atoms with van der Waals surface area (Å²) in [5.41, 5.74) is 4.49. The second-order valence-electron chi connectivity index (χ2n) is 5.89. The van der Waals surface area contributed by atoms with Gasteiger partial charge < -0.3 is 10.0 Å². The van der Waals surface area contributed by atoms with Crippen LogP contribution in [-0.4, -0.2) is 32.9 Å². The number of carbonyl (C=O) groups excluding carboxylic acids is 1. The van der Waals surface area contributed by atoms with Gasteiger partial charge in [-0.05, 0) is 38.1 Å². The molecule has 0 saturated heterocycles. The van der Waals surface area contributed by atoms with E-state index in [2.05, 4.69) is 9.97 Å². The number of hydrogen-bond acceptors (Lipinski definition) is 4. The molecular weight excluding hydrogens is 302 g/mol. The molecule has 0 radical (unpaired) electrons. The van der Waals surface area contributed by atoms with Crippen LogP contribution >= 0.6 is 0 Å². The van der Waals surface area contributed by atoms with Gasteiger partial charge >= 0.3 is 0 Å². The second-order valence-corrected chi connectivity index (χ2v) is 5.89. The number of nitrogens with zero attached hydrogens (tertiary/aromatic N) is 3. The van der Waals surface area contributed by atoms with Crippen molar-refractivity contribution in [1.82, 2.24) is 14.9 Å². The first-order valence-electron chi connectivity index (χ1n) is 7.73. The van der Waals surface area contributed by atoms with Crippen LogP contribution in [0, 0.1) is 13.8 Å². The quantitative estimate of drug-likeness (QED) is 0.804. The van der Waals surface area contributed by atoms with E-state index in [-0.39, 0.29) is 11.7 Å². The number of amides is 1. The first kappa shape index (κ1) is 15.9. The third kappa shape index (κ3) is 3.06. The molecule has 1 heterocycles. The van der Waals surface area contributed by atoms with Crippen molar-refractivity contribution in [2.75, 3.05) is 7.05 Å². The van der Waals surface area contributed by atoms with E-state index in [1.54, 1.807) is 42.3 Å². The molecule has 0 aliphatic heterocycles. The molecule has 3 aromatic rings. The smallest absolute Gasteiger partial charge is 0.253 e. The van der Waals surface area contributed by atoms with Gasteiger partial charge in [-0.1, -0.05) is 18.2 Å². The number of fused-ring (bicyclic) bond motifs is 1. The Morgan fingerprint density at radius 3 is 2.42 bits per heavy atom. The van der Waals surface area contributed by atoms with Crippen molar-refractivity contribution in [2.24, 2.45) is 0 Å². The molecule has 1 N–H and O–H groups in total. The monoisotopic (exact) mass is 321 g/mol. The number of aryl methyl sites for hydroxylation is 2. The Bertz CT molecular complexity index is 922. The molecule has 24 heavy (non-hydrogen) atoms. The number of carbonyl (C=O) groups is 1. The molecule has 3 rings (SSSR count). The maximum atomic E-state index is 12.7. The Morgan fingerprint density at radius 1 is 1.04 bits per heavy atom. The van der Waals surface area contributed by atoms with Crippen molar-refractivity contribution in [3.63, 3.8) is 0 Å². The Kier molecular flexibility index (Phi) is 4.16. The van der Waals surface area contributed by atoms with Gasteiger partial charge in [-0.25, -0.2) is 9.97 Å². The van der Waals surface area contributed by atoms with Crippen LogP contribution in [0.5, 0.6) is 5.75 Å². The molecule has 0 bridgehead atoms. The van der Waals surface area contributed by atoms with Gasteiger partial charge in [0.2, 0.25) is 0 Å².